The maximum absolute atomic E-state index is 2.62. The van der Waals surface area contributed by atoms with E-state index in [2.05, 4.69) is 314 Å². The predicted octanol–water partition coefficient (Wildman–Crippen LogP) is 24.8. The van der Waals surface area contributed by atoms with Crippen molar-refractivity contribution in [3.63, 3.8) is 0 Å². The highest BCUT2D eigenvalue weighted by Crippen LogP contribution is 2.65. The van der Waals surface area contributed by atoms with E-state index in [1.54, 1.807) is 0 Å². The Morgan fingerprint density at radius 3 is 0.698 bits per heavy atom. The molecule has 0 N–H and O–H groups in total. The molecule has 0 atom stereocenters. The van der Waals surface area contributed by atoms with E-state index in [1.165, 1.54) is 177 Å². The highest BCUT2D eigenvalue weighted by Gasteiger charge is 2.38. The van der Waals surface area contributed by atoms with Crippen molar-refractivity contribution in [3.05, 3.63) is 253 Å². The summed E-state index contributed by atoms with van der Waals surface area (Å²) in [6, 6.07) is 89.0. The fourth-order valence-electron chi connectivity index (χ4n) is 14.6. The van der Waals surface area contributed by atoms with Crippen molar-refractivity contribution in [2.24, 2.45) is 0 Å². The molecule has 13 aromatic carbocycles. The quantitative estimate of drug-likeness (QED) is 0.146. The standard InChI is InChI=1S/C86H74/c1-83(2,3)57-43-55(44-58(47-57)84(4,5)6)75-71-49-69-61(51-27-17-13-18-28-51)37-38-62(52-29-19-14-20-30-52)70(69)50-72(71)76(56-45-59(85(7,8)9)48-60(46-56)86(10,11)12)82-68-42-40-66-77-65(39-41-67(78(68)77)81(75)82)79-73(53-31-21-15-22-32-53)63-35-25-26-36-64(63)74(80(66)79)54-33-23-16-24-34-54/h13-50H,1-12H3. The van der Waals surface area contributed by atoms with Crippen molar-refractivity contribution in [2.45, 2.75) is 105 Å². The minimum Gasteiger partial charge on any atom is -0.0622 e. The van der Waals surface area contributed by atoms with Crippen LogP contribution in [-0.4, -0.2) is 0 Å². The highest BCUT2D eigenvalue weighted by molar-refractivity contribution is 6.36. The minimum atomic E-state index is -0.114. The second-order valence-corrected chi connectivity index (χ2v) is 28.8. The van der Waals surface area contributed by atoms with Crippen molar-refractivity contribution in [1.29, 1.82) is 0 Å². The maximum atomic E-state index is 2.62. The Morgan fingerprint density at radius 1 is 0.174 bits per heavy atom. The normalized spacial score (nSPS) is 12.9. The van der Waals surface area contributed by atoms with Crippen LogP contribution in [0.3, 0.4) is 0 Å². The lowest BCUT2D eigenvalue weighted by molar-refractivity contribution is 0.568. The molecule has 0 spiro atoms. The second-order valence-electron chi connectivity index (χ2n) is 28.8. The van der Waals surface area contributed by atoms with E-state index in [0.29, 0.717) is 0 Å². The number of benzene rings is 13. The van der Waals surface area contributed by atoms with E-state index in [9.17, 15) is 0 Å². The molecule has 0 nitrogen and oxygen atoms in total. The van der Waals surface area contributed by atoms with Crippen LogP contribution in [0.4, 0.5) is 0 Å². The van der Waals surface area contributed by atoms with Crippen molar-refractivity contribution < 1.29 is 0 Å². The van der Waals surface area contributed by atoms with Crippen LogP contribution in [0.5, 0.6) is 0 Å². The molecule has 15 rings (SSSR count). The Bertz CT molecular complexity index is 4570. The zero-order valence-electron chi connectivity index (χ0n) is 51.9. The topological polar surface area (TPSA) is 0 Å². The first kappa shape index (κ1) is 53.6. The summed E-state index contributed by atoms with van der Waals surface area (Å²) in [6.07, 6.45) is 0. The Kier molecular flexibility index (Phi) is 12.0. The fraction of sp³-hybridized carbons (Fsp3) is 0.186. The summed E-state index contributed by atoms with van der Waals surface area (Å²) >= 11 is 0. The zero-order chi connectivity index (χ0) is 59.3. The number of hydrogen-bond donors (Lipinski definition) is 0. The molecule has 0 aliphatic heterocycles. The number of rotatable bonds is 6. The van der Waals surface area contributed by atoms with Gasteiger partial charge in [-0.15, -0.1) is 0 Å². The molecule has 86 heavy (non-hydrogen) atoms. The van der Waals surface area contributed by atoms with Gasteiger partial charge in [-0.1, -0.05) is 301 Å². The average molecular weight is 1110 g/mol. The van der Waals surface area contributed by atoms with Crippen molar-refractivity contribution >= 4 is 43.1 Å². The molecule has 0 aromatic heterocycles. The molecule has 0 radical (unpaired) electrons. The third-order valence-corrected chi connectivity index (χ3v) is 19.1. The summed E-state index contributed by atoms with van der Waals surface area (Å²) in [5.74, 6) is 0. The zero-order valence-corrected chi connectivity index (χ0v) is 51.9. The van der Waals surface area contributed by atoms with Gasteiger partial charge >= 0.3 is 0 Å². The Labute approximate surface area is 508 Å². The highest BCUT2D eigenvalue weighted by atomic mass is 14.4. The summed E-state index contributed by atoms with van der Waals surface area (Å²) < 4.78 is 0. The summed E-state index contributed by atoms with van der Waals surface area (Å²) in [7, 11) is 0. The van der Waals surface area contributed by atoms with E-state index in [0.717, 1.165) is 0 Å². The summed E-state index contributed by atoms with van der Waals surface area (Å²) in [5, 5.41) is 10.3. The van der Waals surface area contributed by atoms with E-state index in [1.807, 2.05) is 0 Å². The molecule has 0 heterocycles. The minimum absolute atomic E-state index is 0.114. The molecule has 13 aromatic rings. The Hall–Kier alpha value is -9.10. The van der Waals surface area contributed by atoms with Gasteiger partial charge in [0.05, 0.1) is 0 Å². The van der Waals surface area contributed by atoms with Crippen molar-refractivity contribution in [3.8, 4) is 111 Å². The van der Waals surface area contributed by atoms with Gasteiger partial charge in [0.1, 0.15) is 0 Å². The lowest BCUT2D eigenvalue weighted by atomic mass is 9.75. The monoisotopic (exact) mass is 1110 g/mol. The molecule has 0 amide bonds. The molecule has 2 aliphatic rings. The van der Waals surface area contributed by atoms with Gasteiger partial charge in [0.15, 0.2) is 0 Å². The SMILES string of the molecule is CC(C)(C)c1cc(-c2c3c(c(-c4cc(C(C)(C)C)cc(C(C)(C)C)c4)c4cc5c(-c6ccccc6)ccc(-c6ccccc6)c5cc24)-c2ccc4c5c(ccc-3c25)-c2c-4c(-c3ccccc3)c3ccccc3c2-c2ccccc2)cc(C(C)(C)C)c1. The third-order valence-electron chi connectivity index (χ3n) is 19.1. The first-order chi connectivity index (χ1) is 41.2. The van der Waals surface area contributed by atoms with Gasteiger partial charge in [-0.05, 0) is 210 Å². The van der Waals surface area contributed by atoms with Gasteiger partial charge in [0.25, 0.3) is 0 Å². The van der Waals surface area contributed by atoms with Gasteiger partial charge in [-0.3, -0.25) is 0 Å². The Morgan fingerprint density at radius 2 is 0.419 bits per heavy atom. The first-order valence-electron chi connectivity index (χ1n) is 31.1. The smallest absolute Gasteiger partial charge is 0.000740 e. The van der Waals surface area contributed by atoms with Crippen molar-refractivity contribution in [1.82, 2.24) is 0 Å². The summed E-state index contributed by atoms with van der Waals surface area (Å²) in [4.78, 5) is 0. The van der Waals surface area contributed by atoms with Crippen LogP contribution in [0.2, 0.25) is 0 Å². The van der Waals surface area contributed by atoms with Crippen LogP contribution in [0, 0.1) is 0 Å². The van der Waals surface area contributed by atoms with Crippen LogP contribution >= 0.6 is 0 Å². The van der Waals surface area contributed by atoms with Gasteiger partial charge < -0.3 is 0 Å². The summed E-state index contributed by atoms with van der Waals surface area (Å²) in [6.45, 7) is 28.6. The largest absolute Gasteiger partial charge is 0.0622 e. The molecular weight excluding hydrogens is 1030 g/mol. The number of hydrogen-bond acceptors (Lipinski definition) is 0. The molecule has 0 unspecified atom stereocenters. The lowest BCUT2D eigenvalue weighted by Gasteiger charge is -2.29. The van der Waals surface area contributed by atoms with Gasteiger partial charge in [-0.25, -0.2) is 0 Å². The maximum Gasteiger partial charge on any atom is -0.000740 e. The molecule has 2 aliphatic carbocycles. The average Bonchev–Trinajstić information content (AvgIpc) is 1.49. The first-order valence-corrected chi connectivity index (χ1v) is 31.1. The Balaban J connectivity index is 1.18. The predicted molar refractivity (Wildman–Crippen MR) is 373 cm³/mol. The molecule has 418 valence electrons. The lowest BCUT2D eigenvalue weighted by Crippen LogP contribution is -2.17. The van der Waals surface area contributed by atoms with E-state index >= 15 is 0 Å². The van der Waals surface area contributed by atoms with Crippen molar-refractivity contribution in [2.75, 3.05) is 0 Å². The van der Waals surface area contributed by atoms with E-state index in [-0.39, 0.29) is 21.7 Å². The van der Waals surface area contributed by atoms with E-state index in [4.69, 9.17) is 0 Å². The van der Waals surface area contributed by atoms with Gasteiger partial charge in [0.2, 0.25) is 0 Å². The molecular formula is C86H74. The van der Waals surface area contributed by atoms with Gasteiger partial charge in [-0.2, -0.15) is 0 Å². The molecule has 0 saturated carbocycles. The molecule has 0 fully saturated rings. The van der Waals surface area contributed by atoms with E-state index < -0.39 is 0 Å². The molecule has 0 heteroatoms. The third kappa shape index (κ3) is 8.38. The molecule has 0 bridgehead atoms. The summed E-state index contributed by atoms with van der Waals surface area (Å²) in [5.41, 5.74) is 30.5. The second kappa shape index (κ2) is 19.2. The molecule has 0 saturated heterocycles. The van der Waals surface area contributed by atoms with Gasteiger partial charge in [0, 0.05) is 0 Å². The van der Waals surface area contributed by atoms with Crippen LogP contribution in [0.1, 0.15) is 105 Å². The van der Waals surface area contributed by atoms with Crippen LogP contribution < -0.4 is 0 Å². The van der Waals surface area contributed by atoms with Crippen LogP contribution in [0.25, 0.3) is 154 Å². The van der Waals surface area contributed by atoms with Crippen LogP contribution in [0.15, 0.2) is 231 Å². The number of fused-ring (bicyclic) bond motifs is 9. The fourth-order valence-corrected chi connectivity index (χ4v) is 14.6. The van der Waals surface area contributed by atoms with Crippen LogP contribution in [-0.2, 0) is 21.7 Å².